The molecule has 0 bridgehead atoms. The van der Waals surface area contributed by atoms with Gasteiger partial charge in [-0.3, -0.25) is 9.59 Å². The Bertz CT molecular complexity index is 691. The van der Waals surface area contributed by atoms with E-state index in [4.69, 9.17) is 10.5 Å². The van der Waals surface area contributed by atoms with Crippen LogP contribution in [0.3, 0.4) is 0 Å². The fourth-order valence-electron chi connectivity index (χ4n) is 2.44. The van der Waals surface area contributed by atoms with Gasteiger partial charge in [-0.1, -0.05) is 19.1 Å². The highest BCUT2D eigenvalue weighted by atomic mass is 16.5. The van der Waals surface area contributed by atoms with Crippen molar-refractivity contribution in [3.05, 3.63) is 46.2 Å². The van der Waals surface area contributed by atoms with Crippen LogP contribution in [-0.2, 0) is 16.3 Å². The van der Waals surface area contributed by atoms with Gasteiger partial charge in [-0.2, -0.15) is 0 Å². The fraction of sp³-hybridized carbons (Fsp3) is 0.333. The summed E-state index contributed by atoms with van der Waals surface area (Å²) in [5.41, 5.74) is 6.46. The van der Waals surface area contributed by atoms with Crippen LogP contribution in [0, 0.1) is 0 Å². The van der Waals surface area contributed by atoms with Crippen LogP contribution >= 0.6 is 0 Å². The number of nitrogens with zero attached hydrogens (tertiary/aromatic N) is 1. The molecule has 2 N–H and O–H groups in total. The number of aromatic nitrogens is 1. The van der Waals surface area contributed by atoms with Gasteiger partial charge in [0.15, 0.2) is 5.43 Å². The minimum absolute atomic E-state index is 0.140. The van der Waals surface area contributed by atoms with Gasteiger partial charge in [-0.25, -0.2) is 0 Å². The van der Waals surface area contributed by atoms with Crippen molar-refractivity contribution in [2.75, 3.05) is 7.11 Å². The first kappa shape index (κ1) is 14.3. The number of fused-ring (bicyclic) bond motifs is 1. The molecule has 0 aliphatic heterocycles. The second-order valence-corrected chi connectivity index (χ2v) is 4.68. The maximum atomic E-state index is 12.5. The molecule has 1 aromatic heterocycles. The number of pyridine rings is 1. The maximum Gasteiger partial charge on any atom is 0.225 e. The minimum Gasteiger partial charge on any atom is -0.369 e. The van der Waals surface area contributed by atoms with Crippen molar-refractivity contribution in [2.45, 2.75) is 26.0 Å². The first-order valence-electron chi connectivity index (χ1n) is 6.50. The van der Waals surface area contributed by atoms with E-state index < -0.39 is 11.8 Å². The summed E-state index contributed by atoms with van der Waals surface area (Å²) in [7, 11) is 1.58. The summed E-state index contributed by atoms with van der Waals surface area (Å²) >= 11 is 0. The smallest absolute Gasteiger partial charge is 0.225 e. The van der Waals surface area contributed by atoms with E-state index in [1.165, 1.54) is 0 Å². The summed E-state index contributed by atoms with van der Waals surface area (Å²) in [5, 5.41) is 0.571. The number of ether oxygens (including phenoxy) is 1. The van der Waals surface area contributed by atoms with Gasteiger partial charge >= 0.3 is 0 Å². The van der Waals surface area contributed by atoms with Crippen LogP contribution in [0.15, 0.2) is 35.3 Å². The second kappa shape index (κ2) is 5.88. The number of carbonyl (C=O) groups is 1. The Kier molecular flexibility index (Phi) is 4.20. The Balaban J connectivity index is 2.76. The summed E-state index contributed by atoms with van der Waals surface area (Å²) in [6.07, 6.45) is 2.17. The SMILES string of the molecule is CCC(C(N)=O)c1cn(COC)c2ccccc2c1=O. The Morgan fingerprint density at radius 3 is 2.70 bits per heavy atom. The Morgan fingerprint density at radius 2 is 2.10 bits per heavy atom. The highest BCUT2D eigenvalue weighted by Crippen LogP contribution is 2.19. The molecule has 0 aliphatic rings. The third kappa shape index (κ3) is 2.44. The molecule has 0 radical (unpaired) electrons. The van der Waals surface area contributed by atoms with Crippen molar-refractivity contribution in [2.24, 2.45) is 5.73 Å². The fourth-order valence-corrected chi connectivity index (χ4v) is 2.44. The largest absolute Gasteiger partial charge is 0.369 e. The first-order chi connectivity index (χ1) is 9.60. The average molecular weight is 274 g/mol. The molecule has 1 atom stereocenters. The number of rotatable bonds is 5. The number of hydrogen-bond acceptors (Lipinski definition) is 3. The molecule has 20 heavy (non-hydrogen) atoms. The molecule has 0 fully saturated rings. The number of para-hydroxylation sites is 1. The van der Waals surface area contributed by atoms with Crippen molar-refractivity contribution in [1.82, 2.24) is 4.57 Å². The maximum absolute atomic E-state index is 12.5. The lowest BCUT2D eigenvalue weighted by Gasteiger charge is -2.16. The number of amides is 1. The van der Waals surface area contributed by atoms with Crippen LogP contribution in [0.1, 0.15) is 24.8 Å². The summed E-state index contributed by atoms with van der Waals surface area (Å²) in [5.74, 6) is -1.06. The van der Waals surface area contributed by atoms with Crippen molar-refractivity contribution in [3.63, 3.8) is 0 Å². The quantitative estimate of drug-likeness (QED) is 0.899. The molecule has 5 heteroatoms. The lowest BCUT2D eigenvalue weighted by atomic mass is 9.95. The molecule has 1 unspecified atom stereocenters. The summed E-state index contributed by atoms with van der Waals surface area (Å²) in [4.78, 5) is 24.1. The standard InChI is InChI=1S/C15H18N2O3/c1-3-10(15(16)19)12-8-17(9-20-2)13-7-5-4-6-11(13)14(12)18/h4-8,10H,3,9H2,1-2H3,(H2,16,19). The molecule has 1 amide bonds. The van der Waals surface area contributed by atoms with E-state index in [9.17, 15) is 9.59 Å². The lowest BCUT2D eigenvalue weighted by Crippen LogP contribution is -2.27. The predicted molar refractivity (Wildman–Crippen MR) is 77.4 cm³/mol. The van der Waals surface area contributed by atoms with E-state index in [-0.39, 0.29) is 5.43 Å². The third-order valence-corrected chi connectivity index (χ3v) is 3.41. The van der Waals surface area contributed by atoms with Crippen LogP contribution in [-0.4, -0.2) is 17.6 Å². The van der Waals surface area contributed by atoms with Crippen LogP contribution in [0.2, 0.25) is 0 Å². The first-order valence-corrected chi connectivity index (χ1v) is 6.50. The molecule has 0 spiro atoms. The van der Waals surface area contributed by atoms with Crippen LogP contribution in [0.4, 0.5) is 0 Å². The average Bonchev–Trinajstić information content (AvgIpc) is 2.44. The molecular weight excluding hydrogens is 256 g/mol. The zero-order chi connectivity index (χ0) is 14.7. The number of hydrogen-bond donors (Lipinski definition) is 1. The molecule has 0 saturated heterocycles. The molecule has 2 rings (SSSR count). The molecule has 106 valence electrons. The highest BCUT2D eigenvalue weighted by molar-refractivity contribution is 5.85. The van der Waals surface area contributed by atoms with E-state index >= 15 is 0 Å². The van der Waals surface area contributed by atoms with Crippen molar-refractivity contribution >= 4 is 16.8 Å². The molecular formula is C15H18N2O3. The van der Waals surface area contributed by atoms with Gasteiger partial charge in [-0.05, 0) is 18.6 Å². The minimum atomic E-state index is -0.574. The summed E-state index contributed by atoms with van der Waals surface area (Å²) in [6, 6.07) is 7.26. The molecule has 1 aromatic carbocycles. The highest BCUT2D eigenvalue weighted by Gasteiger charge is 2.21. The molecule has 0 aliphatic carbocycles. The van der Waals surface area contributed by atoms with Gasteiger partial charge in [0.1, 0.15) is 6.73 Å². The van der Waals surface area contributed by atoms with Crippen molar-refractivity contribution < 1.29 is 9.53 Å². The van der Waals surface area contributed by atoms with E-state index in [1.54, 1.807) is 25.4 Å². The van der Waals surface area contributed by atoms with Crippen molar-refractivity contribution in [3.8, 4) is 0 Å². The van der Waals surface area contributed by atoms with Gasteiger partial charge < -0.3 is 15.0 Å². The molecule has 1 heterocycles. The summed E-state index contributed by atoms with van der Waals surface area (Å²) < 4.78 is 6.97. The van der Waals surface area contributed by atoms with Gasteiger partial charge in [0.25, 0.3) is 0 Å². The second-order valence-electron chi connectivity index (χ2n) is 4.68. The van der Waals surface area contributed by atoms with Crippen LogP contribution in [0.25, 0.3) is 10.9 Å². The number of carbonyl (C=O) groups excluding carboxylic acids is 1. The van der Waals surface area contributed by atoms with Crippen molar-refractivity contribution in [1.29, 1.82) is 0 Å². The Morgan fingerprint density at radius 1 is 1.40 bits per heavy atom. The van der Waals surface area contributed by atoms with E-state index in [1.807, 2.05) is 23.6 Å². The zero-order valence-electron chi connectivity index (χ0n) is 11.6. The topological polar surface area (TPSA) is 74.3 Å². The normalized spacial score (nSPS) is 12.5. The molecule has 5 nitrogen and oxygen atoms in total. The monoisotopic (exact) mass is 274 g/mol. The number of primary amides is 1. The molecule has 0 saturated carbocycles. The van der Waals surface area contributed by atoms with Gasteiger partial charge in [0.2, 0.25) is 5.91 Å². The zero-order valence-corrected chi connectivity index (χ0v) is 11.6. The number of methoxy groups -OCH3 is 1. The lowest BCUT2D eigenvalue weighted by molar-refractivity contribution is -0.119. The van der Waals surface area contributed by atoms with E-state index in [0.717, 1.165) is 5.52 Å². The number of benzene rings is 1. The Labute approximate surface area is 117 Å². The van der Waals surface area contributed by atoms with Crippen LogP contribution < -0.4 is 11.2 Å². The van der Waals surface area contributed by atoms with E-state index in [2.05, 4.69) is 0 Å². The van der Waals surface area contributed by atoms with Crippen LogP contribution in [0.5, 0.6) is 0 Å². The third-order valence-electron chi connectivity index (χ3n) is 3.41. The predicted octanol–water partition coefficient (Wildman–Crippen LogP) is 1.58. The number of nitrogens with two attached hydrogens (primary N) is 1. The summed E-state index contributed by atoms with van der Waals surface area (Å²) in [6.45, 7) is 2.15. The van der Waals surface area contributed by atoms with Gasteiger partial charge in [0, 0.05) is 24.3 Å². The Hall–Kier alpha value is -2.14. The van der Waals surface area contributed by atoms with Gasteiger partial charge in [-0.15, -0.1) is 0 Å². The molecule has 2 aromatic rings. The van der Waals surface area contributed by atoms with Gasteiger partial charge in [0.05, 0.1) is 11.4 Å². The van der Waals surface area contributed by atoms with E-state index in [0.29, 0.717) is 24.1 Å².